The molecule has 22 heavy (non-hydrogen) atoms. The third-order valence-electron chi connectivity index (χ3n) is 5.90. The number of fused-ring (bicyclic) bond motifs is 2. The van der Waals surface area contributed by atoms with Gasteiger partial charge in [-0.25, -0.2) is 0 Å². The topological polar surface area (TPSA) is 55.4 Å². The highest BCUT2D eigenvalue weighted by molar-refractivity contribution is 6.31. The highest BCUT2D eigenvalue weighted by atomic mass is 35.5. The van der Waals surface area contributed by atoms with E-state index in [1.807, 2.05) is 33.8 Å². The molecule has 2 unspecified atom stereocenters. The number of amides is 1. The maximum Gasteiger partial charge on any atom is 0.313 e. The number of aryl methyl sites for hydroxylation is 1. The summed E-state index contributed by atoms with van der Waals surface area (Å²) in [5.74, 6) is -0.542. The van der Waals surface area contributed by atoms with Gasteiger partial charge in [-0.15, -0.1) is 0 Å². The van der Waals surface area contributed by atoms with Crippen LogP contribution in [0.2, 0.25) is 5.02 Å². The highest BCUT2D eigenvalue weighted by Crippen LogP contribution is 2.65. The summed E-state index contributed by atoms with van der Waals surface area (Å²) in [4.78, 5) is 25.2. The molecule has 2 bridgehead atoms. The van der Waals surface area contributed by atoms with E-state index >= 15 is 0 Å². The molecule has 1 saturated carbocycles. The Kier molecular flexibility index (Phi) is 3.12. The zero-order chi connectivity index (χ0) is 16.3. The Hall–Kier alpha value is -1.55. The van der Waals surface area contributed by atoms with Crippen molar-refractivity contribution < 1.29 is 14.3 Å². The normalized spacial score (nSPS) is 32.0. The molecule has 1 aliphatic carbocycles. The van der Waals surface area contributed by atoms with Gasteiger partial charge in [0.05, 0.1) is 5.41 Å². The Labute approximate surface area is 135 Å². The summed E-state index contributed by atoms with van der Waals surface area (Å²) in [6.07, 6.45) is 1.22. The molecule has 0 radical (unpaired) electrons. The van der Waals surface area contributed by atoms with E-state index in [1.54, 1.807) is 12.1 Å². The summed E-state index contributed by atoms with van der Waals surface area (Å²) in [6, 6.07) is 5.33. The summed E-state index contributed by atoms with van der Waals surface area (Å²) < 4.78 is 5.59. The molecular formula is C17H20ClNO3. The van der Waals surface area contributed by atoms with Crippen LogP contribution in [0.5, 0.6) is 0 Å². The number of hydrogen-bond donors (Lipinski definition) is 1. The minimum absolute atomic E-state index is 0.266. The van der Waals surface area contributed by atoms with Crippen molar-refractivity contribution in [2.45, 2.75) is 46.1 Å². The van der Waals surface area contributed by atoms with E-state index in [-0.39, 0.29) is 11.9 Å². The maximum absolute atomic E-state index is 12.9. The largest absolute Gasteiger partial charge is 0.448 e. The molecule has 2 fully saturated rings. The molecule has 2 aliphatic rings. The second-order valence-corrected chi connectivity index (χ2v) is 7.52. The third kappa shape index (κ3) is 1.70. The number of carbonyl (C=O) groups excluding carboxylic acids is 2. The lowest BCUT2D eigenvalue weighted by Gasteiger charge is -2.35. The van der Waals surface area contributed by atoms with Crippen LogP contribution in [0.15, 0.2) is 18.2 Å². The van der Waals surface area contributed by atoms with Crippen molar-refractivity contribution in [3.8, 4) is 0 Å². The Morgan fingerprint density at radius 2 is 1.95 bits per heavy atom. The molecule has 1 aliphatic heterocycles. The van der Waals surface area contributed by atoms with Gasteiger partial charge >= 0.3 is 5.97 Å². The Morgan fingerprint density at radius 3 is 2.50 bits per heavy atom. The number of esters is 1. The number of hydrogen-bond acceptors (Lipinski definition) is 3. The minimum Gasteiger partial charge on any atom is -0.448 e. The van der Waals surface area contributed by atoms with Gasteiger partial charge in [-0.05, 0) is 44.4 Å². The molecule has 0 spiro atoms. The number of ether oxygens (including phenoxy) is 1. The third-order valence-corrected chi connectivity index (χ3v) is 6.13. The number of benzene rings is 1. The van der Waals surface area contributed by atoms with Gasteiger partial charge in [0.2, 0.25) is 0 Å². The van der Waals surface area contributed by atoms with Crippen LogP contribution >= 0.6 is 11.6 Å². The van der Waals surface area contributed by atoms with E-state index in [2.05, 4.69) is 5.32 Å². The summed E-state index contributed by atoms with van der Waals surface area (Å²) in [7, 11) is 0. The van der Waals surface area contributed by atoms with Crippen molar-refractivity contribution in [2.24, 2.45) is 10.8 Å². The van der Waals surface area contributed by atoms with E-state index in [9.17, 15) is 9.59 Å². The first-order chi connectivity index (χ1) is 10.1. The zero-order valence-corrected chi connectivity index (χ0v) is 14.0. The Bertz CT molecular complexity index is 684. The molecular weight excluding hydrogens is 302 g/mol. The smallest absolute Gasteiger partial charge is 0.313 e. The molecule has 1 saturated heterocycles. The van der Waals surface area contributed by atoms with Crippen LogP contribution < -0.4 is 5.32 Å². The van der Waals surface area contributed by atoms with E-state index in [4.69, 9.17) is 16.3 Å². The molecule has 4 nitrogen and oxygen atoms in total. The number of rotatable bonds is 2. The molecule has 118 valence electrons. The second-order valence-electron chi connectivity index (χ2n) is 7.09. The molecule has 5 heteroatoms. The average molecular weight is 322 g/mol. The van der Waals surface area contributed by atoms with Gasteiger partial charge < -0.3 is 10.1 Å². The fourth-order valence-corrected chi connectivity index (χ4v) is 3.87. The lowest BCUT2D eigenvalue weighted by Crippen LogP contribution is -2.50. The highest BCUT2D eigenvalue weighted by Gasteiger charge is 2.75. The van der Waals surface area contributed by atoms with Crippen molar-refractivity contribution in [3.05, 3.63) is 28.8 Å². The van der Waals surface area contributed by atoms with Crippen molar-refractivity contribution in [1.29, 1.82) is 0 Å². The number of nitrogens with one attached hydrogen (secondary N) is 1. The lowest BCUT2D eigenvalue weighted by molar-refractivity contribution is -0.165. The molecule has 1 aromatic rings. The van der Waals surface area contributed by atoms with E-state index in [1.165, 1.54) is 0 Å². The predicted molar refractivity (Wildman–Crippen MR) is 84.8 cm³/mol. The van der Waals surface area contributed by atoms with Crippen LogP contribution in [-0.2, 0) is 14.3 Å². The first-order valence-electron chi connectivity index (χ1n) is 7.45. The van der Waals surface area contributed by atoms with Gasteiger partial charge in [-0.1, -0.05) is 31.5 Å². The molecule has 1 N–H and O–H groups in total. The standard InChI is InChI=1S/C17H20ClNO3/c1-10-5-6-11(18)9-12(10)19-13(20)17-8-7-16(4,14(21)22-17)15(17,2)3/h5-6,9H,7-8H2,1-4H3,(H,19,20). The molecule has 2 atom stereocenters. The minimum atomic E-state index is -1.10. The van der Waals surface area contributed by atoms with Gasteiger partial charge in [-0.2, -0.15) is 0 Å². The van der Waals surface area contributed by atoms with Crippen molar-refractivity contribution in [2.75, 3.05) is 5.32 Å². The summed E-state index contributed by atoms with van der Waals surface area (Å²) in [5.41, 5.74) is -0.689. The van der Waals surface area contributed by atoms with Crippen LogP contribution in [0, 0.1) is 17.8 Å². The summed E-state index contributed by atoms with van der Waals surface area (Å²) >= 11 is 6.00. The van der Waals surface area contributed by atoms with Crippen LogP contribution in [0.25, 0.3) is 0 Å². The van der Waals surface area contributed by atoms with E-state index in [0.29, 0.717) is 23.6 Å². The van der Waals surface area contributed by atoms with Crippen molar-refractivity contribution in [3.63, 3.8) is 0 Å². The fourth-order valence-electron chi connectivity index (χ4n) is 3.70. The Morgan fingerprint density at radius 1 is 1.27 bits per heavy atom. The molecule has 0 aromatic heterocycles. The van der Waals surface area contributed by atoms with Crippen molar-refractivity contribution in [1.82, 2.24) is 0 Å². The molecule has 1 aromatic carbocycles. The van der Waals surface area contributed by atoms with Gasteiger partial charge in [0.15, 0.2) is 5.60 Å². The van der Waals surface area contributed by atoms with Gasteiger partial charge in [0.25, 0.3) is 5.91 Å². The monoisotopic (exact) mass is 321 g/mol. The average Bonchev–Trinajstić information content (AvgIpc) is 2.73. The number of anilines is 1. The molecule has 1 heterocycles. The maximum atomic E-state index is 12.9. The van der Waals surface area contributed by atoms with E-state index < -0.39 is 16.4 Å². The summed E-state index contributed by atoms with van der Waals surface area (Å²) in [6.45, 7) is 7.67. The fraction of sp³-hybridized carbons (Fsp3) is 0.529. The lowest BCUT2D eigenvalue weighted by atomic mass is 9.66. The molecule has 3 rings (SSSR count). The van der Waals surface area contributed by atoms with E-state index in [0.717, 1.165) is 5.56 Å². The quantitative estimate of drug-likeness (QED) is 0.845. The second kappa shape index (κ2) is 4.48. The first-order valence-corrected chi connectivity index (χ1v) is 7.83. The number of carbonyl (C=O) groups is 2. The first kappa shape index (κ1) is 15.3. The predicted octanol–water partition coefficient (Wildman–Crippen LogP) is 3.71. The van der Waals surface area contributed by atoms with Crippen LogP contribution in [0.4, 0.5) is 5.69 Å². The van der Waals surface area contributed by atoms with Crippen molar-refractivity contribution >= 4 is 29.2 Å². The van der Waals surface area contributed by atoms with Gasteiger partial charge in [0.1, 0.15) is 0 Å². The molecule has 1 amide bonds. The van der Waals surface area contributed by atoms with Gasteiger partial charge in [0, 0.05) is 16.1 Å². The van der Waals surface area contributed by atoms with Crippen LogP contribution in [0.1, 0.15) is 39.2 Å². The van der Waals surface area contributed by atoms with Gasteiger partial charge in [-0.3, -0.25) is 9.59 Å². The van der Waals surface area contributed by atoms with Crippen LogP contribution in [-0.4, -0.2) is 17.5 Å². The summed E-state index contributed by atoms with van der Waals surface area (Å²) in [5, 5.41) is 3.46. The Balaban J connectivity index is 1.96. The van der Waals surface area contributed by atoms with Crippen LogP contribution in [0.3, 0.4) is 0 Å². The number of halogens is 1. The zero-order valence-electron chi connectivity index (χ0n) is 13.2. The SMILES string of the molecule is Cc1ccc(Cl)cc1NC(=O)C12CCC(C)(C(=O)O1)C2(C)C.